The lowest BCUT2D eigenvalue weighted by molar-refractivity contribution is -0.151. The van der Waals surface area contributed by atoms with Crippen molar-refractivity contribution in [3.05, 3.63) is 59.7 Å². The minimum atomic E-state index is -1.08. The number of aliphatic carboxylic acids is 1. The monoisotopic (exact) mass is 466 g/mol. The van der Waals surface area contributed by atoms with Crippen molar-refractivity contribution < 1.29 is 29.0 Å². The molecule has 2 amide bonds. The maximum absolute atomic E-state index is 13.2. The second kappa shape index (κ2) is 10.3. The first-order chi connectivity index (χ1) is 16.4. The van der Waals surface area contributed by atoms with Crippen LogP contribution >= 0.6 is 0 Å². The van der Waals surface area contributed by atoms with Gasteiger partial charge in [-0.3, -0.25) is 4.79 Å². The maximum Gasteiger partial charge on any atom is 0.407 e. The number of carboxylic acids is 1. The van der Waals surface area contributed by atoms with E-state index in [9.17, 15) is 19.5 Å². The number of rotatable bonds is 10. The topological polar surface area (TPSA) is 105 Å². The molecular formula is C26H30N2O6. The van der Waals surface area contributed by atoms with E-state index in [1.165, 1.54) is 18.9 Å². The largest absolute Gasteiger partial charge is 0.480 e. The zero-order valence-electron chi connectivity index (χ0n) is 19.4. The number of hydrogen-bond acceptors (Lipinski definition) is 5. The highest BCUT2D eigenvalue weighted by Crippen LogP contribution is 2.44. The third-order valence-corrected chi connectivity index (χ3v) is 6.51. The maximum atomic E-state index is 13.2. The van der Waals surface area contributed by atoms with Crippen molar-refractivity contribution in [2.45, 2.75) is 50.2 Å². The normalized spacial score (nSPS) is 16.2. The van der Waals surface area contributed by atoms with Gasteiger partial charge in [-0.05, 0) is 42.0 Å². The van der Waals surface area contributed by atoms with Crippen molar-refractivity contribution in [3.8, 4) is 11.1 Å². The Kier molecular flexibility index (Phi) is 7.17. The lowest BCUT2D eigenvalue weighted by Gasteiger charge is -2.30. The molecule has 2 unspecified atom stereocenters. The van der Waals surface area contributed by atoms with Crippen LogP contribution in [0.2, 0.25) is 0 Å². The third kappa shape index (κ3) is 4.92. The molecule has 4 rings (SSSR count). The molecule has 2 aromatic rings. The number of nitrogens with zero attached hydrogens (tertiary/aromatic N) is 1. The predicted octanol–water partition coefficient (Wildman–Crippen LogP) is 3.39. The summed E-state index contributed by atoms with van der Waals surface area (Å²) < 4.78 is 10.7. The standard InChI is InChI=1S/C26H30N2O6/c1-16(25(30)31)28(17-11-12-17)24(29)23(13-14-33-2)27-26(32)34-15-22-20-9-5-3-7-18(20)19-8-4-6-10-21(19)22/h3-10,16-17,22-23H,11-15H2,1-2H3,(H,27,32)(H,30,31). The van der Waals surface area contributed by atoms with E-state index in [2.05, 4.69) is 17.4 Å². The van der Waals surface area contributed by atoms with E-state index in [1.54, 1.807) is 0 Å². The highest BCUT2D eigenvalue weighted by Gasteiger charge is 2.41. The number of nitrogens with one attached hydrogen (secondary N) is 1. The molecule has 0 heterocycles. The fourth-order valence-corrected chi connectivity index (χ4v) is 4.61. The summed E-state index contributed by atoms with van der Waals surface area (Å²) in [7, 11) is 1.51. The number of ether oxygens (including phenoxy) is 2. The predicted molar refractivity (Wildman–Crippen MR) is 125 cm³/mol. The van der Waals surface area contributed by atoms with Gasteiger partial charge in [-0.1, -0.05) is 48.5 Å². The van der Waals surface area contributed by atoms with Crippen LogP contribution in [0.1, 0.15) is 43.2 Å². The van der Waals surface area contributed by atoms with Gasteiger partial charge in [-0.15, -0.1) is 0 Å². The minimum Gasteiger partial charge on any atom is -0.480 e. The van der Waals surface area contributed by atoms with Crippen LogP contribution in [-0.2, 0) is 19.1 Å². The van der Waals surface area contributed by atoms with E-state index < -0.39 is 30.1 Å². The summed E-state index contributed by atoms with van der Waals surface area (Å²) >= 11 is 0. The molecule has 2 atom stereocenters. The molecule has 0 bridgehead atoms. The molecule has 2 aliphatic carbocycles. The SMILES string of the molecule is COCCC(NC(=O)OCC1c2ccccc2-c2ccccc21)C(=O)N(C1CC1)C(C)C(=O)O. The zero-order valence-corrected chi connectivity index (χ0v) is 19.4. The van der Waals surface area contributed by atoms with Crippen LogP contribution in [0, 0.1) is 0 Å². The lowest BCUT2D eigenvalue weighted by atomic mass is 9.98. The van der Waals surface area contributed by atoms with Crippen molar-refractivity contribution in [1.82, 2.24) is 10.2 Å². The highest BCUT2D eigenvalue weighted by molar-refractivity contribution is 5.89. The fourth-order valence-electron chi connectivity index (χ4n) is 4.61. The third-order valence-electron chi connectivity index (χ3n) is 6.51. The Hall–Kier alpha value is -3.39. The minimum absolute atomic E-state index is 0.0960. The summed E-state index contributed by atoms with van der Waals surface area (Å²) in [6.07, 6.45) is 1.01. The average Bonchev–Trinajstić information content (AvgIpc) is 3.62. The highest BCUT2D eigenvalue weighted by atomic mass is 16.5. The summed E-state index contributed by atoms with van der Waals surface area (Å²) in [5, 5.41) is 12.1. The molecule has 34 heavy (non-hydrogen) atoms. The van der Waals surface area contributed by atoms with Crippen LogP contribution in [0.15, 0.2) is 48.5 Å². The quantitative estimate of drug-likeness (QED) is 0.556. The lowest BCUT2D eigenvalue weighted by Crippen LogP contribution is -2.54. The molecule has 2 N–H and O–H groups in total. The molecular weight excluding hydrogens is 436 g/mol. The number of hydrogen-bond donors (Lipinski definition) is 2. The van der Waals surface area contributed by atoms with Gasteiger partial charge in [0.2, 0.25) is 5.91 Å². The first-order valence-electron chi connectivity index (χ1n) is 11.6. The van der Waals surface area contributed by atoms with Gasteiger partial charge < -0.3 is 24.8 Å². The van der Waals surface area contributed by atoms with Crippen molar-refractivity contribution in [1.29, 1.82) is 0 Å². The Balaban J connectivity index is 1.45. The Labute approximate surface area is 198 Å². The molecule has 2 aliphatic rings. The number of fused-ring (bicyclic) bond motifs is 3. The molecule has 8 heteroatoms. The summed E-state index contributed by atoms with van der Waals surface area (Å²) in [6.45, 7) is 1.85. The van der Waals surface area contributed by atoms with E-state index in [0.717, 1.165) is 35.1 Å². The molecule has 1 saturated carbocycles. The molecule has 0 spiro atoms. The Bertz CT molecular complexity index is 1020. The average molecular weight is 467 g/mol. The number of benzene rings is 2. The Morgan fingerprint density at radius 2 is 1.65 bits per heavy atom. The van der Waals surface area contributed by atoms with Gasteiger partial charge in [0.15, 0.2) is 0 Å². The molecule has 0 radical (unpaired) electrons. The smallest absolute Gasteiger partial charge is 0.407 e. The summed E-state index contributed by atoms with van der Waals surface area (Å²) in [5.74, 6) is -1.60. The molecule has 180 valence electrons. The summed E-state index contributed by atoms with van der Waals surface area (Å²) in [5.41, 5.74) is 4.45. The van der Waals surface area contributed by atoms with Gasteiger partial charge >= 0.3 is 12.1 Å². The van der Waals surface area contributed by atoms with E-state index >= 15 is 0 Å². The van der Waals surface area contributed by atoms with Gasteiger partial charge in [0.25, 0.3) is 0 Å². The van der Waals surface area contributed by atoms with Crippen molar-refractivity contribution >= 4 is 18.0 Å². The van der Waals surface area contributed by atoms with E-state index in [-0.39, 0.29) is 31.6 Å². The first kappa shape index (κ1) is 23.8. The van der Waals surface area contributed by atoms with E-state index in [1.807, 2.05) is 36.4 Å². The number of methoxy groups -OCH3 is 1. The molecule has 8 nitrogen and oxygen atoms in total. The van der Waals surface area contributed by atoms with Crippen LogP contribution < -0.4 is 5.32 Å². The van der Waals surface area contributed by atoms with Crippen LogP contribution in [0.3, 0.4) is 0 Å². The van der Waals surface area contributed by atoms with Crippen molar-refractivity contribution in [2.24, 2.45) is 0 Å². The van der Waals surface area contributed by atoms with Crippen molar-refractivity contribution in [3.63, 3.8) is 0 Å². The second-order valence-corrected chi connectivity index (χ2v) is 8.79. The zero-order chi connectivity index (χ0) is 24.2. The Morgan fingerprint density at radius 3 is 2.18 bits per heavy atom. The van der Waals surface area contributed by atoms with Gasteiger partial charge in [-0.25, -0.2) is 9.59 Å². The Morgan fingerprint density at radius 1 is 1.06 bits per heavy atom. The van der Waals surface area contributed by atoms with Crippen LogP contribution in [0.5, 0.6) is 0 Å². The van der Waals surface area contributed by atoms with Gasteiger partial charge in [0, 0.05) is 32.1 Å². The van der Waals surface area contributed by atoms with Crippen LogP contribution in [0.4, 0.5) is 4.79 Å². The number of carboxylic acid groups (broad SMARTS) is 1. The number of amides is 2. The van der Waals surface area contributed by atoms with Crippen molar-refractivity contribution in [2.75, 3.05) is 20.3 Å². The first-order valence-corrected chi connectivity index (χ1v) is 11.6. The molecule has 2 aromatic carbocycles. The van der Waals surface area contributed by atoms with Gasteiger partial charge in [0.05, 0.1) is 0 Å². The summed E-state index contributed by atoms with van der Waals surface area (Å²) in [6, 6.07) is 14.1. The second-order valence-electron chi connectivity index (χ2n) is 8.79. The number of carbonyl (C=O) groups excluding carboxylic acids is 2. The van der Waals surface area contributed by atoms with E-state index in [4.69, 9.17) is 9.47 Å². The number of carbonyl (C=O) groups is 3. The van der Waals surface area contributed by atoms with Gasteiger partial charge in [-0.2, -0.15) is 0 Å². The molecule has 0 saturated heterocycles. The summed E-state index contributed by atoms with van der Waals surface area (Å²) in [4.78, 5) is 38.9. The molecule has 1 fully saturated rings. The van der Waals surface area contributed by atoms with E-state index in [0.29, 0.717) is 0 Å². The fraction of sp³-hybridized carbons (Fsp3) is 0.423. The van der Waals surface area contributed by atoms with Crippen LogP contribution in [-0.4, -0.2) is 66.4 Å². The van der Waals surface area contributed by atoms with Gasteiger partial charge in [0.1, 0.15) is 18.7 Å². The van der Waals surface area contributed by atoms with Crippen LogP contribution in [0.25, 0.3) is 11.1 Å². The molecule has 0 aliphatic heterocycles. The number of alkyl carbamates (subject to hydrolysis) is 1. The molecule has 0 aromatic heterocycles.